The normalized spacial score (nSPS) is 11.5. The highest BCUT2D eigenvalue weighted by Gasteiger charge is 2.26. The fourth-order valence-electron chi connectivity index (χ4n) is 1.53. The van der Waals surface area contributed by atoms with Gasteiger partial charge in [0.25, 0.3) is 0 Å². The van der Waals surface area contributed by atoms with Gasteiger partial charge in [0.2, 0.25) is 0 Å². The van der Waals surface area contributed by atoms with Gasteiger partial charge in [-0.2, -0.15) is 0 Å². The first-order valence-electron chi connectivity index (χ1n) is 5.94. The number of carboxylic acid groups (broad SMARTS) is 2. The number of benzene rings is 1. The summed E-state index contributed by atoms with van der Waals surface area (Å²) in [6.07, 6.45) is -1.49. The van der Waals surface area contributed by atoms with Crippen LogP contribution in [0.2, 0.25) is 0 Å². The topological polar surface area (TPSA) is 140 Å². The number of carboxylic acids is 2. The van der Waals surface area contributed by atoms with Crippen LogP contribution >= 0.6 is 0 Å². The highest BCUT2D eigenvalue weighted by Crippen LogP contribution is 2.30. The Kier molecular flexibility index (Phi) is 6.14. The molecular formula is C13H14O9. The minimum Gasteiger partial charge on any atom is -0.504 e. The van der Waals surface area contributed by atoms with Gasteiger partial charge >= 0.3 is 17.9 Å². The molecule has 0 aliphatic heterocycles. The largest absolute Gasteiger partial charge is 0.504 e. The molecule has 0 heterocycles. The van der Waals surface area contributed by atoms with Crippen molar-refractivity contribution in [1.29, 1.82) is 0 Å². The van der Waals surface area contributed by atoms with E-state index in [9.17, 15) is 19.5 Å². The van der Waals surface area contributed by atoms with Crippen LogP contribution in [0.25, 0.3) is 0 Å². The van der Waals surface area contributed by atoms with Gasteiger partial charge in [0.1, 0.15) is 6.61 Å². The molecule has 0 saturated heterocycles. The van der Waals surface area contributed by atoms with E-state index < -0.39 is 37.2 Å². The van der Waals surface area contributed by atoms with Crippen molar-refractivity contribution in [2.24, 2.45) is 0 Å². The number of methoxy groups -OCH3 is 1. The molecule has 1 rings (SSSR count). The summed E-state index contributed by atoms with van der Waals surface area (Å²) in [7, 11) is 1.33. The first-order valence-corrected chi connectivity index (χ1v) is 5.94. The maximum atomic E-state index is 11.8. The zero-order chi connectivity index (χ0) is 16.7. The molecule has 1 aromatic rings. The zero-order valence-electron chi connectivity index (χ0n) is 11.5. The van der Waals surface area contributed by atoms with Crippen molar-refractivity contribution in [3.8, 4) is 11.5 Å². The predicted octanol–water partition coefficient (Wildman–Crippen LogP) is 0.171. The van der Waals surface area contributed by atoms with Gasteiger partial charge in [0, 0.05) is 0 Å². The lowest BCUT2D eigenvalue weighted by Gasteiger charge is -2.16. The number of hydrogen-bond donors (Lipinski definition) is 3. The number of carbonyl (C=O) groups excluding carboxylic acids is 1. The third-order valence-corrected chi connectivity index (χ3v) is 2.43. The number of ether oxygens (including phenoxy) is 3. The van der Waals surface area contributed by atoms with Crippen molar-refractivity contribution in [2.45, 2.75) is 6.10 Å². The van der Waals surface area contributed by atoms with Gasteiger partial charge in [-0.15, -0.1) is 0 Å². The molecular weight excluding hydrogens is 300 g/mol. The van der Waals surface area contributed by atoms with Crippen LogP contribution in [0.3, 0.4) is 0 Å². The van der Waals surface area contributed by atoms with E-state index in [0.29, 0.717) is 0 Å². The summed E-state index contributed by atoms with van der Waals surface area (Å²) in [5, 5.41) is 26.8. The molecule has 1 aromatic carbocycles. The molecule has 22 heavy (non-hydrogen) atoms. The number of hydrogen-bond acceptors (Lipinski definition) is 7. The lowest BCUT2D eigenvalue weighted by Crippen LogP contribution is -2.24. The van der Waals surface area contributed by atoms with E-state index >= 15 is 0 Å². The van der Waals surface area contributed by atoms with E-state index in [0.717, 1.165) is 6.07 Å². The van der Waals surface area contributed by atoms with Crippen molar-refractivity contribution >= 4 is 17.9 Å². The van der Waals surface area contributed by atoms with Crippen LogP contribution in [-0.4, -0.2) is 53.6 Å². The molecule has 0 aliphatic rings. The lowest BCUT2D eigenvalue weighted by molar-refractivity contribution is -0.167. The molecule has 0 radical (unpaired) electrons. The number of esters is 1. The summed E-state index contributed by atoms with van der Waals surface area (Å²) in [5.74, 6) is -3.94. The Morgan fingerprint density at radius 3 is 2.27 bits per heavy atom. The standard InChI is InChI=1S/C13H14O9/c1-20-9-3-2-7(4-8(9)14)12(21-5-10(15)16)13(19)22-6-11(17)18/h2-4,12,14H,5-6H2,1H3,(H,15,16)(H,17,18)/t12-/m1/s1. The molecule has 9 nitrogen and oxygen atoms in total. The van der Waals surface area contributed by atoms with E-state index in [4.69, 9.17) is 19.7 Å². The first kappa shape index (κ1) is 17.2. The molecule has 0 spiro atoms. The molecule has 0 bridgehead atoms. The number of carbonyl (C=O) groups is 3. The average molecular weight is 314 g/mol. The van der Waals surface area contributed by atoms with Crippen LogP contribution in [0.4, 0.5) is 0 Å². The first-order chi connectivity index (χ1) is 10.3. The number of rotatable bonds is 8. The van der Waals surface area contributed by atoms with E-state index in [1.165, 1.54) is 19.2 Å². The number of aliphatic carboxylic acids is 2. The van der Waals surface area contributed by atoms with Crippen LogP contribution in [0, 0.1) is 0 Å². The van der Waals surface area contributed by atoms with E-state index in [1.54, 1.807) is 0 Å². The quantitative estimate of drug-likeness (QED) is 0.573. The lowest BCUT2D eigenvalue weighted by atomic mass is 10.1. The molecule has 120 valence electrons. The van der Waals surface area contributed by atoms with Gasteiger partial charge in [-0.25, -0.2) is 14.4 Å². The van der Waals surface area contributed by atoms with Crippen LogP contribution in [0.15, 0.2) is 18.2 Å². The predicted molar refractivity (Wildman–Crippen MR) is 69.6 cm³/mol. The number of phenols is 1. The summed E-state index contributed by atoms with van der Waals surface area (Å²) in [6, 6.07) is 3.83. The molecule has 0 aliphatic carbocycles. The average Bonchev–Trinajstić information content (AvgIpc) is 2.45. The molecule has 0 amide bonds. The fourth-order valence-corrected chi connectivity index (χ4v) is 1.53. The Morgan fingerprint density at radius 1 is 1.14 bits per heavy atom. The summed E-state index contributed by atoms with van der Waals surface area (Å²) in [6.45, 7) is -1.70. The monoisotopic (exact) mass is 314 g/mol. The van der Waals surface area contributed by atoms with Crippen LogP contribution in [0.1, 0.15) is 11.7 Å². The molecule has 9 heteroatoms. The Balaban J connectivity index is 2.97. The van der Waals surface area contributed by atoms with E-state index in [1.807, 2.05) is 0 Å². The summed E-state index contributed by atoms with van der Waals surface area (Å²) < 4.78 is 14.2. The Morgan fingerprint density at radius 2 is 1.77 bits per heavy atom. The van der Waals surface area contributed by atoms with Crippen molar-refractivity contribution in [1.82, 2.24) is 0 Å². The smallest absolute Gasteiger partial charge is 0.341 e. The van der Waals surface area contributed by atoms with Crippen molar-refractivity contribution < 1.29 is 43.9 Å². The minimum atomic E-state index is -1.49. The van der Waals surface area contributed by atoms with Crippen LogP contribution in [-0.2, 0) is 23.9 Å². The third-order valence-electron chi connectivity index (χ3n) is 2.43. The highest BCUT2D eigenvalue weighted by molar-refractivity contribution is 5.80. The van der Waals surface area contributed by atoms with Gasteiger partial charge in [-0.1, -0.05) is 6.07 Å². The molecule has 0 saturated carbocycles. The molecule has 3 N–H and O–H groups in total. The van der Waals surface area contributed by atoms with Crippen LogP contribution < -0.4 is 4.74 Å². The zero-order valence-corrected chi connectivity index (χ0v) is 11.5. The maximum Gasteiger partial charge on any atom is 0.341 e. The second-order valence-electron chi connectivity index (χ2n) is 4.02. The Bertz CT molecular complexity index is 567. The van der Waals surface area contributed by atoms with Gasteiger partial charge in [-0.3, -0.25) is 0 Å². The maximum absolute atomic E-state index is 11.8. The molecule has 0 fully saturated rings. The van der Waals surface area contributed by atoms with Gasteiger partial charge in [0.15, 0.2) is 24.2 Å². The van der Waals surface area contributed by atoms with E-state index in [2.05, 4.69) is 4.74 Å². The van der Waals surface area contributed by atoms with E-state index in [-0.39, 0.29) is 17.1 Å². The highest BCUT2D eigenvalue weighted by atomic mass is 16.6. The second kappa shape index (κ2) is 7.84. The van der Waals surface area contributed by atoms with Gasteiger partial charge in [-0.05, 0) is 17.7 Å². The Labute approximate surface area is 124 Å². The number of aromatic hydroxyl groups is 1. The molecule has 1 atom stereocenters. The summed E-state index contributed by atoms with van der Waals surface area (Å²) in [5.41, 5.74) is 0.0925. The summed E-state index contributed by atoms with van der Waals surface area (Å²) in [4.78, 5) is 32.8. The molecule has 0 aromatic heterocycles. The number of phenolic OH excluding ortho intramolecular Hbond substituents is 1. The second-order valence-corrected chi connectivity index (χ2v) is 4.02. The van der Waals surface area contributed by atoms with Crippen LogP contribution in [0.5, 0.6) is 11.5 Å². The minimum absolute atomic E-state index is 0.0925. The van der Waals surface area contributed by atoms with Crippen molar-refractivity contribution in [2.75, 3.05) is 20.3 Å². The van der Waals surface area contributed by atoms with Gasteiger partial charge in [0.05, 0.1) is 7.11 Å². The third kappa shape index (κ3) is 4.94. The van der Waals surface area contributed by atoms with Crippen molar-refractivity contribution in [3.05, 3.63) is 23.8 Å². The van der Waals surface area contributed by atoms with Gasteiger partial charge < -0.3 is 29.5 Å². The Hall–Kier alpha value is -2.81. The summed E-state index contributed by atoms with van der Waals surface area (Å²) >= 11 is 0. The molecule has 0 unspecified atom stereocenters. The van der Waals surface area contributed by atoms with Crippen molar-refractivity contribution in [3.63, 3.8) is 0 Å². The fraction of sp³-hybridized carbons (Fsp3) is 0.308. The SMILES string of the molecule is COc1ccc([C@@H](OCC(=O)O)C(=O)OCC(=O)O)cc1O.